The largest absolute Gasteiger partial charge is 0.355 e. The van der Waals surface area contributed by atoms with E-state index >= 15 is 0 Å². The van der Waals surface area contributed by atoms with Gasteiger partial charge in [0.2, 0.25) is 0 Å². The molecule has 3 heterocycles. The van der Waals surface area contributed by atoms with Gasteiger partial charge < -0.3 is 10.2 Å². The maximum atomic E-state index is 12.1. The fraction of sp³-hybridized carbons (Fsp3) is 0.412. The molecule has 0 saturated carbocycles. The van der Waals surface area contributed by atoms with Crippen LogP contribution in [-0.2, 0) is 6.54 Å². The van der Waals surface area contributed by atoms with E-state index in [1.165, 1.54) is 25.7 Å². The van der Waals surface area contributed by atoms with Crippen molar-refractivity contribution < 1.29 is 4.79 Å². The Balaban J connectivity index is 1.58. The molecule has 0 bridgehead atoms. The third kappa shape index (κ3) is 4.25. The molecule has 1 aliphatic heterocycles. The molecule has 1 aliphatic rings. The number of hydrogen-bond acceptors (Lipinski definition) is 5. The highest BCUT2D eigenvalue weighted by Gasteiger charge is 2.13. The first kappa shape index (κ1) is 15.4. The first-order valence-electron chi connectivity index (χ1n) is 8.07. The number of rotatable bonds is 4. The topological polar surface area (TPSA) is 71.0 Å². The van der Waals surface area contributed by atoms with E-state index in [0.717, 1.165) is 24.5 Å². The lowest BCUT2D eigenvalue weighted by Crippen LogP contribution is -2.27. The predicted molar refractivity (Wildman–Crippen MR) is 88.1 cm³/mol. The minimum absolute atomic E-state index is 0.219. The third-order valence-corrected chi connectivity index (χ3v) is 3.98. The number of hydrogen-bond donors (Lipinski definition) is 1. The van der Waals surface area contributed by atoms with Crippen LogP contribution in [0.3, 0.4) is 0 Å². The van der Waals surface area contributed by atoms with E-state index in [0.29, 0.717) is 12.2 Å². The van der Waals surface area contributed by atoms with E-state index in [9.17, 15) is 4.79 Å². The van der Waals surface area contributed by atoms with Crippen molar-refractivity contribution in [1.29, 1.82) is 0 Å². The average molecular weight is 311 g/mol. The Kier molecular flexibility index (Phi) is 5.13. The second kappa shape index (κ2) is 7.67. The zero-order valence-electron chi connectivity index (χ0n) is 13.1. The number of carbonyl (C=O) groups excluding carboxylic acids is 1. The number of amides is 1. The molecule has 6 nitrogen and oxygen atoms in total. The summed E-state index contributed by atoms with van der Waals surface area (Å²) in [5, 5.41) is 2.83. The zero-order chi connectivity index (χ0) is 15.9. The van der Waals surface area contributed by atoms with E-state index < -0.39 is 0 Å². The molecular weight excluding hydrogens is 290 g/mol. The van der Waals surface area contributed by atoms with Crippen molar-refractivity contribution in [2.45, 2.75) is 32.2 Å². The summed E-state index contributed by atoms with van der Waals surface area (Å²) < 4.78 is 0. The molecule has 2 aromatic heterocycles. The van der Waals surface area contributed by atoms with Gasteiger partial charge in [-0.05, 0) is 24.5 Å². The molecule has 1 saturated heterocycles. The summed E-state index contributed by atoms with van der Waals surface area (Å²) in [6.07, 6.45) is 11.6. The minimum Gasteiger partial charge on any atom is -0.355 e. The average Bonchev–Trinajstić information content (AvgIpc) is 2.90. The van der Waals surface area contributed by atoms with Crippen molar-refractivity contribution in [3.63, 3.8) is 0 Å². The smallest absolute Gasteiger partial charge is 0.271 e. The molecule has 1 fully saturated rings. The van der Waals surface area contributed by atoms with Crippen LogP contribution in [0.25, 0.3) is 0 Å². The summed E-state index contributed by atoms with van der Waals surface area (Å²) in [7, 11) is 0. The second-order valence-electron chi connectivity index (χ2n) is 5.71. The summed E-state index contributed by atoms with van der Waals surface area (Å²) in [6.45, 7) is 2.46. The Morgan fingerprint density at radius 1 is 1.09 bits per heavy atom. The molecule has 3 rings (SSSR count). The van der Waals surface area contributed by atoms with Gasteiger partial charge in [0, 0.05) is 32.0 Å². The van der Waals surface area contributed by atoms with E-state index in [1.54, 1.807) is 24.8 Å². The Bertz CT molecular complexity index is 621. The van der Waals surface area contributed by atoms with Crippen LogP contribution in [0.15, 0.2) is 36.9 Å². The number of carbonyl (C=O) groups is 1. The highest BCUT2D eigenvalue weighted by atomic mass is 16.1. The van der Waals surface area contributed by atoms with Crippen LogP contribution < -0.4 is 10.2 Å². The van der Waals surface area contributed by atoms with Gasteiger partial charge in [0.15, 0.2) is 0 Å². The third-order valence-electron chi connectivity index (χ3n) is 3.98. The highest BCUT2D eigenvalue weighted by Crippen LogP contribution is 2.16. The molecule has 2 aromatic rings. The van der Waals surface area contributed by atoms with Crippen molar-refractivity contribution in [1.82, 2.24) is 20.3 Å². The monoisotopic (exact) mass is 311 g/mol. The molecule has 23 heavy (non-hydrogen) atoms. The lowest BCUT2D eigenvalue weighted by molar-refractivity contribution is 0.0945. The summed E-state index contributed by atoms with van der Waals surface area (Å²) in [5.74, 6) is 0.638. The van der Waals surface area contributed by atoms with Crippen LogP contribution in [0.1, 0.15) is 41.7 Å². The van der Waals surface area contributed by atoms with Crippen LogP contribution >= 0.6 is 0 Å². The Labute approximate surface area is 136 Å². The quantitative estimate of drug-likeness (QED) is 0.937. The van der Waals surface area contributed by atoms with Crippen LogP contribution in [0.4, 0.5) is 5.82 Å². The molecule has 0 spiro atoms. The number of pyridine rings is 1. The second-order valence-corrected chi connectivity index (χ2v) is 5.71. The molecule has 0 aliphatic carbocycles. The molecule has 6 heteroatoms. The van der Waals surface area contributed by atoms with Crippen molar-refractivity contribution >= 4 is 11.7 Å². The van der Waals surface area contributed by atoms with E-state index in [1.807, 2.05) is 12.1 Å². The minimum atomic E-state index is -0.219. The van der Waals surface area contributed by atoms with Crippen molar-refractivity contribution in [3.8, 4) is 0 Å². The lowest BCUT2D eigenvalue weighted by Gasteiger charge is -2.20. The highest BCUT2D eigenvalue weighted by molar-refractivity contribution is 5.91. The normalized spacial score (nSPS) is 15.0. The number of nitrogens with zero attached hydrogens (tertiary/aromatic N) is 4. The van der Waals surface area contributed by atoms with Crippen LogP contribution in [-0.4, -0.2) is 33.9 Å². The Morgan fingerprint density at radius 2 is 1.91 bits per heavy atom. The summed E-state index contributed by atoms with van der Waals surface area (Å²) in [5.41, 5.74) is 1.29. The van der Waals surface area contributed by atoms with Gasteiger partial charge in [0.1, 0.15) is 11.5 Å². The summed E-state index contributed by atoms with van der Waals surface area (Å²) in [4.78, 5) is 27.1. The first-order valence-corrected chi connectivity index (χ1v) is 8.07. The molecule has 0 atom stereocenters. The van der Waals surface area contributed by atoms with Gasteiger partial charge in [0.25, 0.3) is 5.91 Å². The van der Waals surface area contributed by atoms with Gasteiger partial charge in [-0.15, -0.1) is 0 Å². The fourth-order valence-electron chi connectivity index (χ4n) is 2.68. The molecular formula is C17H21N5O. The Hall–Kier alpha value is -2.50. The zero-order valence-corrected chi connectivity index (χ0v) is 13.1. The summed E-state index contributed by atoms with van der Waals surface area (Å²) in [6, 6.07) is 3.76. The first-order chi connectivity index (χ1) is 11.3. The molecule has 0 unspecified atom stereocenters. The van der Waals surface area contributed by atoms with Gasteiger partial charge in [-0.3, -0.25) is 9.78 Å². The predicted octanol–water partition coefficient (Wildman–Crippen LogP) is 2.18. The fourth-order valence-corrected chi connectivity index (χ4v) is 2.68. The number of nitrogens with one attached hydrogen (secondary N) is 1. The molecule has 120 valence electrons. The van der Waals surface area contributed by atoms with Gasteiger partial charge in [-0.25, -0.2) is 9.97 Å². The molecule has 0 aromatic carbocycles. The van der Waals surface area contributed by atoms with E-state index in [-0.39, 0.29) is 5.91 Å². The number of anilines is 1. The summed E-state index contributed by atoms with van der Waals surface area (Å²) >= 11 is 0. The maximum absolute atomic E-state index is 12.1. The van der Waals surface area contributed by atoms with Crippen molar-refractivity contribution in [2.24, 2.45) is 0 Å². The molecule has 0 radical (unpaired) electrons. The molecule has 1 amide bonds. The standard InChI is InChI=1S/C17H21N5O/c23-17(21-11-14-6-5-7-18-10-14)15-12-20-16(13-19-15)22-8-3-1-2-4-9-22/h5-7,10,12-13H,1-4,8-9,11H2,(H,21,23). The SMILES string of the molecule is O=C(NCc1cccnc1)c1cnc(N2CCCCCC2)cn1. The van der Waals surface area contributed by atoms with Gasteiger partial charge in [-0.1, -0.05) is 18.9 Å². The van der Waals surface area contributed by atoms with Crippen LogP contribution in [0.5, 0.6) is 0 Å². The number of aromatic nitrogens is 3. The van der Waals surface area contributed by atoms with Crippen molar-refractivity contribution in [2.75, 3.05) is 18.0 Å². The van der Waals surface area contributed by atoms with Crippen LogP contribution in [0, 0.1) is 0 Å². The lowest BCUT2D eigenvalue weighted by atomic mass is 10.2. The van der Waals surface area contributed by atoms with E-state index in [2.05, 4.69) is 25.2 Å². The van der Waals surface area contributed by atoms with E-state index in [4.69, 9.17) is 0 Å². The van der Waals surface area contributed by atoms with Gasteiger partial charge in [0.05, 0.1) is 12.4 Å². The Morgan fingerprint density at radius 3 is 2.57 bits per heavy atom. The van der Waals surface area contributed by atoms with Gasteiger partial charge in [-0.2, -0.15) is 0 Å². The molecule has 1 N–H and O–H groups in total. The van der Waals surface area contributed by atoms with Crippen LogP contribution in [0.2, 0.25) is 0 Å². The maximum Gasteiger partial charge on any atom is 0.271 e. The van der Waals surface area contributed by atoms with Gasteiger partial charge >= 0.3 is 0 Å². The van der Waals surface area contributed by atoms with Crippen molar-refractivity contribution in [3.05, 3.63) is 48.2 Å².